The van der Waals surface area contributed by atoms with Gasteiger partial charge in [-0.15, -0.1) is 0 Å². The second-order valence-electron chi connectivity index (χ2n) is 5.39. The first-order valence-corrected chi connectivity index (χ1v) is 9.52. The molecule has 3 aromatic rings. The number of sulfonamides is 1. The topological polar surface area (TPSA) is 88.2 Å². The summed E-state index contributed by atoms with van der Waals surface area (Å²) in [5.41, 5.74) is 0.0589. The highest BCUT2D eigenvalue weighted by Gasteiger charge is 2.20. The van der Waals surface area contributed by atoms with E-state index in [9.17, 15) is 17.6 Å². The molecule has 9 heteroatoms. The van der Waals surface area contributed by atoms with Crippen LogP contribution in [0.15, 0.2) is 71.8 Å². The zero-order valence-electron chi connectivity index (χ0n) is 13.7. The number of amides is 1. The van der Waals surface area contributed by atoms with E-state index in [4.69, 9.17) is 11.6 Å². The van der Waals surface area contributed by atoms with E-state index in [1.807, 2.05) is 0 Å². The van der Waals surface area contributed by atoms with E-state index < -0.39 is 21.7 Å². The van der Waals surface area contributed by atoms with Gasteiger partial charge in [0.2, 0.25) is 0 Å². The van der Waals surface area contributed by atoms with Gasteiger partial charge in [-0.2, -0.15) is 0 Å². The maximum atomic E-state index is 13.7. The van der Waals surface area contributed by atoms with Gasteiger partial charge < -0.3 is 5.32 Å². The lowest BCUT2D eigenvalue weighted by atomic mass is 10.2. The number of carbonyl (C=O) groups is 1. The van der Waals surface area contributed by atoms with Gasteiger partial charge in [-0.3, -0.25) is 14.5 Å². The number of hydrogen-bond acceptors (Lipinski definition) is 4. The molecule has 1 aromatic heterocycles. The standard InChI is InChI=1S/C18H13ClFN3O3S/c19-13-5-1-2-7-17(13)27(25,26)23-16-11-12(20)8-9-14(16)22-18(24)15-6-3-4-10-21-15/h1-11,23H,(H,22,24). The number of benzene rings is 2. The van der Waals surface area contributed by atoms with Crippen LogP contribution in [0, 0.1) is 5.82 Å². The molecule has 0 spiro atoms. The number of nitrogens with one attached hydrogen (secondary N) is 2. The van der Waals surface area contributed by atoms with Gasteiger partial charge in [0.25, 0.3) is 15.9 Å². The molecule has 0 aliphatic rings. The highest BCUT2D eigenvalue weighted by atomic mass is 35.5. The molecule has 0 aliphatic heterocycles. The molecular weight excluding hydrogens is 393 g/mol. The molecule has 1 amide bonds. The van der Waals surface area contributed by atoms with Crippen molar-refractivity contribution in [2.75, 3.05) is 10.0 Å². The van der Waals surface area contributed by atoms with Crippen LogP contribution in [-0.2, 0) is 10.0 Å². The molecule has 0 atom stereocenters. The normalized spacial score (nSPS) is 11.0. The Morgan fingerprint density at radius 2 is 1.74 bits per heavy atom. The molecule has 6 nitrogen and oxygen atoms in total. The number of carbonyl (C=O) groups excluding carboxylic acids is 1. The van der Waals surface area contributed by atoms with Crippen LogP contribution in [0.25, 0.3) is 0 Å². The molecule has 0 aliphatic carbocycles. The van der Waals surface area contributed by atoms with E-state index in [0.717, 1.165) is 12.1 Å². The summed E-state index contributed by atoms with van der Waals surface area (Å²) in [6.07, 6.45) is 1.45. The molecule has 0 unspecified atom stereocenters. The maximum absolute atomic E-state index is 13.7. The second kappa shape index (κ2) is 7.73. The van der Waals surface area contributed by atoms with Crippen molar-refractivity contribution in [1.29, 1.82) is 0 Å². The van der Waals surface area contributed by atoms with Crippen LogP contribution < -0.4 is 10.0 Å². The number of pyridine rings is 1. The van der Waals surface area contributed by atoms with E-state index in [-0.39, 0.29) is 27.0 Å². The first-order valence-electron chi connectivity index (χ1n) is 7.66. The Morgan fingerprint density at radius 1 is 1.00 bits per heavy atom. The lowest BCUT2D eigenvalue weighted by Crippen LogP contribution is -2.18. The van der Waals surface area contributed by atoms with Crippen LogP contribution in [0.4, 0.5) is 15.8 Å². The molecule has 27 heavy (non-hydrogen) atoms. The van der Waals surface area contributed by atoms with Gasteiger partial charge in [0.15, 0.2) is 0 Å². The SMILES string of the molecule is O=C(Nc1ccc(F)cc1NS(=O)(=O)c1ccccc1Cl)c1ccccn1. The Balaban J connectivity index is 1.93. The summed E-state index contributed by atoms with van der Waals surface area (Å²) >= 11 is 5.94. The molecule has 2 aromatic carbocycles. The van der Waals surface area contributed by atoms with Crippen LogP contribution in [0.2, 0.25) is 5.02 Å². The average molecular weight is 406 g/mol. The predicted molar refractivity (Wildman–Crippen MR) is 101 cm³/mol. The highest BCUT2D eigenvalue weighted by Crippen LogP contribution is 2.28. The van der Waals surface area contributed by atoms with Crippen molar-refractivity contribution in [1.82, 2.24) is 4.98 Å². The van der Waals surface area contributed by atoms with Crippen LogP contribution in [0.1, 0.15) is 10.5 Å². The molecule has 0 saturated heterocycles. The summed E-state index contributed by atoms with van der Waals surface area (Å²) in [7, 11) is -4.10. The van der Waals surface area contributed by atoms with Crippen LogP contribution in [0.5, 0.6) is 0 Å². The minimum Gasteiger partial charge on any atom is -0.319 e. The van der Waals surface area contributed by atoms with Crippen LogP contribution in [0.3, 0.4) is 0 Å². The van der Waals surface area contributed by atoms with Gasteiger partial charge in [0.05, 0.1) is 16.4 Å². The summed E-state index contributed by atoms with van der Waals surface area (Å²) in [4.78, 5) is 16.0. The number of rotatable bonds is 5. The lowest BCUT2D eigenvalue weighted by Gasteiger charge is -2.14. The number of aromatic nitrogens is 1. The largest absolute Gasteiger partial charge is 0.319 e. The molecule has 0 saturated carbocycles. The van der Waals surface area contributed by atoms with Gasteiger partial charge in [0.1, 0.15) is 16.4 Å². The quantitative estimate of drug-likeness (QED) is 0.673. The fraction of sp³-hybridized carbons (Fsp3) is 0. The van der Waals surface area contributed by atoms with Crippen molar-refractivity contribution in [3.63, 3.8) is 0 Å². The molecule has 0 radical (unpaired) electrons. The van der Waals surface area contributed by atoms with Gasteiger partial charge in [-0.1, -0.05) is 29.8 Å². The molecule has 138 valence electrons. The third-order valence-corrected chi connectivity index (χ3v) is 5.36. The number of halogens is 2. The maximum Gasteiger partial charge on any atom is 0.274 e. The van der Waals surface area contributed by atoms with Gasteiger partial charge in [-0.05, 0) is 36.4 Å². The molecule has 3 rings (SSSR count). The molecule has 0 fully saturated rings. The minimum absolute atomic E-state index is 0.0143. The summed E-state index contributed by atoms with van der Waals surface area (Å²) in [5, 5.41) is 2.53. The Bertz CT molecular complexity index is 1090. The Hall–Kier alpha value is -2.97. The van der Waals surface area contributed by atoms with E-state index >= 15 is 0 Å². The molecule has 0 bridgehead atoms. The fourth-order valence-corrected chi connectivity index (χ4v) is 3.85. The zero-order chi connectivity index (χ0) is 19.4. The van der Waals surface area contributed by atoms with Crippen molar-refractivity contribution < 1.29 is 17.6 Å². The number of anilines is 2. The highest BCUT2D eigenvalue weighted by molar-refractivity contribution is 7.92. The Labute approximate surface area is 160 Å². The lowest BCUT2D eigenvalue weighted by molar-refractivity contribution is 0.102. The van der Waals surface area contributed by atoms with E-state index in [2.05, 4.69) is 15.0 Å². The molecule has 1 heterocycles. The number of nitrogens with zero attached hydrogens (tertiary/aromatic N) is 1. The monoisotopic (exact) mass is 405 g/mol. The predicted octanol–water partition coefficient (Wildman–Crippen LogP) is 3.93. The summed E-state index contributed by atoms with van der Waals surface area (Å²) in [5.74, 6) is -1.25. The Kier molecular flexibility index (Phi) is 5.38. The van der Waals surface area contributed by atoms with Gasteiger partial charge in [-0.25, -0.2) is 12.8 Å². The first-order chi connectivity index (χ1) is 12.9. The summed E-state index contributed by atoms with van der Waals surface area (Å²) in [6.45, 7) is 0. The zero-order valence-corrected chi connectivity index (χ0v) is 15.3. The summed E-state index contributed by atoms with van der Waals surface area (Å²) in [6, 6.07) is 13.9. The van der Waals surface area contributed by atoms with Crippen molar-refractivity contribution in [2.45, 2.75) is 4.90 Å². The van der Waals surface area contributed by atoms with Crippen molar-refractivity contribution in [2.24, 2.45) is 0 Å². The second-order valence-corrected chi connectivity index (χ2v) is 7.45. The molecular formula is C18H13ClFN3O3S. The van der Waals surface area contributed by atoms with Crippen molar-refractivity contribution >= 4 is 38.9 Å². The third kappa shape index (κ3) is 4.42. The minimum atomic E-state index is -4.10. The number of hydrogen-bond donors (Lipinski definition) is 2. The smallest absolute Gasteiger partial charge is 0.274 e. The van der Waals surface area contributed by atoms with Gasteiger partial charge >= 0.3 is 0 Å². The van der Waals surface area contributed by atoms with E-state index in [1.165, 1.54) is 36.5 Å². The average Bonchev–Trinajstić information content (AvgIpc) is 2.64. The van der Waals surface area contributed by atoms with E-state index in [1.54, 1.807) is 18.2 Å². The van der Waals surface area contributed by atoms with E-state index in [0.29, 0.717) is 0 Å². The third-order valence-electron chi connectivity index (χ3n) is 3.50. The van der Waals surface area contributed by atoms with Crippen molar-refractivity contribution in [3.05, 3.63) is 83.4 Å². The molecule has 2 N–H and O–H groups in total. The van der Waals surface area contributed by atoms with Crippen molar-refractivity contribution in [3.8, 4) is 0 Å². The van der Waals surface area contributed by atoms with Crippen LogP contribution in [-0.4, -0.2) is 19.3 Å². The first kappa shape index (κ1) is 18.8. The summed E-state index contributed by atoms with van der Waals surface area (Å²) < 4.78 is 41.1. The Morgan fingerprint density at radius 3 is 2.44 bits per heavy atom. The van der Waals surface area contributed by atoms with Gasteiger partial charge in [0, 0.05) is 12.3 Å². The fourth-order valence-electron chi connectivity index (χ4n) is 2.26. The van der Waals surface area contributed by atoms with Crippen LogP contribution >= 0.6 is 11.6 Å².